The fourth-order valence-electron chi connectivity index (χ4n) is 1.82. The van der Waals surface area contributed by atoms with E-state index in [1.807, 2.05) is 24.3 Å². The predicted octanol–water partition coefficient (Wildman–Crippen LogP) is 2.92. The quantitative estimate of drug-likeness (QED) is 0.887. The Hall–Kier alpha value is -1.17. The zero-order chi connectivity index (χ0) is 13.7. The number of nitrogens with zero attached hydrogens (tertiary/aromatic N) is 2. The molecule has 0 unspecified atom stereocenters. The average molecular weight is 325 g/mol. The molecule has 102 valence electrons. The van der Waals surface area contributed by atoms with Crippen molar-refractivity contribution < 1.29 is 9.52 Å². The molecular formula is C14H17BrN2O2. The molecule has 0 aliphatic rings. The molecule has 0 atom stereocenters. The molecule has 4 nitrogen and oxygen atoms in total. The molecule has 0 saturated carbocycles. The van der Waals surface area contributed by atoms with Crippen LogP contribution in [-0.2, 0) is 6.54 Å². The molecule has 1 heterocycles. The van der Waals surface area contributed by atoms with Gasteiger partial charge in [-0.05, 0) is 30.8 Å². The Kier molecular flexibility index (Phi) is 5.13. The molecule has 2 rings (SSSR count). The molecule has 0 aliphatic heterocycles. The molecule has 0 saturated heterocycles. The molecule has 1 aromatic carbocycles. The third kappa shape index (κ3) is 3.89. The fraction of sp³-hybridized carbons (Fsp3) is 0.357. The average Bonchev–Trinajstić information content (AvgIpc) is 2.87. The lowest BCUT2D eigenvalue weighted by Crippen LogP contribution is -2.26. The SMILES string of the molecule is CCN(CCO)Cc1coc(-c2ccc(Br)cc2)n1. The van der Waals surface area contributed by atoms with E-state index in [9.17, 15) is 0 Å². The van der Waals surface area contributed by atoms with Crippen molar-refractivity contribution in [2.24, 2.45) is 0 Å². The molecule has 1 aromatic heterocycles. The number of oxazole rings is 1. The number of hydrogen-bond acceptors (Lipinski definition) is 4. The predicted molar refractivity (Wildman–Crippen MR) is 77.7 cm³/mol. The second kappa shape index (κ2) is 6.84. The van der Waals surface area contributed by atoms with Gasteiger partial charge in [-0.1, -0.05) is 22.9 Å². The highest BCUT2D eigenvalue weighted by Gasteiger charge is 2.09. The van der Waals surface area contributed by atoms with Gasteiger partial charge in [0.05, 0.1) is 12.3 Å². The highest BCUT2D eigenvalue weighted by atomic mass is 79.9. The largest absolute Gasteiger partial charge is 0.444 e. The third-order valence-electron chi connectivity index (χ3n) is 2.89. The van der Waals surface area contributed by atoms with Gasteiger partial charge < -0.3 is 9.52 Å². The van der Waals surface area contributed by atoms with Gasteiger partial charge in [0.25, 0.3) is 0 Å². The smallest absolute Gasteiger partial charge is 0.226 e. The maximum absolute atomic E-state index is 8.97. The zero-order valence-corrected chi connectivity index (χ0v) is 12.4. The molecule has 2 aromatic rings. The summed E-state index contributed by atoms with van der Waals surface area (Å²) in [6.45, 7) is 4.44. The Labute approximate surface area is 121 Å². The Morgan fingerprint density at radius 2 is 2.05 bits per heavy atom. The van der Waals surface area contributed by atoms with E-state index >= 15 is 0 Å². The van der Waals surface area contributed by atoms with Crippen LogP contribution in [0.15, 0.2) is 39.4 Å². The van der Waals surface area contributed by atoms with Crippen LogP contribution in [0.1, 0.15) is 12.6 Å². The standard InChI is InChI=1S/C14H17BrN2O2/c1-2-17(7-8-18)9-13-10-19-14(16-13)11-3-5-12(15)6-4-11/h3-6,10,18H,2,7-9H2,1H3. The van der Waals surface area contributed by atoms with Gasteiger partial charge in [-0.25, -0.2) is 4.98 Å². The monoisotopic (exact) mass is 324 g/mol. The van der Waals surface area contributed by atoms with Crippen molar-refractivity contribution in [3.63, 3.8) is 0 Å². The van der Waals surface area contributed by atoms with Gasteiger partial charge in [-0.2, -0.15) is 0 Å². The van der Waals surface area contributed by atoms with Crippen molar-refractivity contribution in [2.45, 2.75) is 13.5 Å². The molecule has 1 N–H and O–H groups in total. The van der Waals surface area contributed by atoms with Crippen LogP contribution in [0.4, 0.5) is 0 Å². The van der Waals surface area contributed by atoms with Crippen LogP contribution in [0.25, 0.3) is 11.5 Å². The van der Waals surface area contributed by atoms with Crippen molar-refractivity contribution >= 4 is 15.9 Å². The van der Waals surface area contributed by atoms with Crippen LogP contribution in [-0.4, -0.2) is 34.7 Å². The van der Waals surface area contributed by atoms with E-state index in [1.54, 1.807) is 6.26 Å². The van der Waals surface area contributed by atoms with E-state index in [4.69, 9.17) is 9.52 Å². The summed E-state index contributed by atoms with van der Waals surface area (Å²) in [7, 11) is 0. The first kappa shape index (κ1) is 14.2. The fourth-order valence-corrected chi connectivity index (χ4v) is 2.09. The number of halogens is 1. The maximum Gasteiger partial charge on any atom is 0.226 e. The zero-order valence-electron chi connectivity index (χ0n) is 10.8. The second-order valence-corrected chi connectivity index (χ2v) is 5.16. The molecule has 0 spiro atoms. The van der Waals surface area contributed by atoms with Crippen LogP contribution < -0.4 is 0 Å². The molecule has 0 bridgehead atoms. The van der Waals surface area contributed by atoms with Crippen LogP contribution in [0.5, 0.6) is 0 Å². The van der Waals surface area contributed by atoms with Crippen LogP contribution in [0, 0.1) is 0 Å². The van der Waals surface area contributed by atoms with Crippen molar-refractivity contribution in [1.82, 2.24) is 9.88 Å². The Bertz CT molecular complexity index is 510. The minimum Gasteiger partial charge on any atom is -0.444 e. The van der Waals surface area contributed by atoms with Gasteiger partial charge in [0.15, 0.2) is 0 Å². The van der Waals surface area contributed by atoms with E-state index in [0.717, 1.165) is 22.3 Å². The van der Waals surface area contributed by atoms with E-state index in [-0.39, 0.29) is 6.61 Å². The molecule has 0 fully saturated rings. The van der Waals surface area contributed by atoms with E-state index in [0.29, 0.717) is 19.0 Å². The molecule has 0 amide bonds. The summed E-state index contributed by atoms with van der Waals surface area (Å²) in [6, 6.07) is 7.85. The van der Waals surface area contributed by atoms with Gasteiger partial charge in [0.1, 0.15) is 6.26 Å². The Balaban J connectivity index is 2.08. The summed E-state index contributed by atoms with van der Waals surface area (Å²) in [5.41, 5.74) is 1.84. The second-order valence-electron chi connectivity index (χ2n) is 4.24. The lowest BCUT2D eigenvalue weighted by atomic mass is 10.2. The number of aliphatic hydroxyl groups is 1. The summed E-state index contributed by atoms with van der Waals surface area (Å²) in [5.74, 6) is 0.627. The van der Waals surface area contributed by atoms with Crippen LogP contribution in [0.3, 0.4) is 0 Å². The van der Waals surface area contributed by atoms with E-state index < -0.39 is 0 Å². The molecular weight excluding hydrogens is 308 g/mol. The number of rotatable bonds is 6. The van der Waals surface area contributed by atoms with Crippen molar-refractivity contribution in [2.75, 3.05) is 19.7 Å². The number of aromatic nitrogens is 1. The molecule has 0 radical (unpaired) electrons. The van der Waals surface area contributed by atoms with Crippen molar-refractivity contribution in [3.05, 3.63) is 40.7 Å². The van der Waals surface area contributed by atoms with E-state index in [1.165, 1.54) is 0 Å². The number of hydrogen-bond donors (Lipinski definition) is 1. The summed E-state index contributed by atoms with van der Waals surface area (Å²) >= 11 is 3.40. The summed E-state index contributed by atoms with van der Waals surface area (Å²) in [4.78, 5) is 6.59. The number of benzene rings is 1. The van der Waals surface area contributed by atoms with Gasteiger partial charge >= 0.3 is 0 Å². The van der Waals surface area contributed by atoms with Crippen molar-refractivity contribution in [3.8, 4) is 11.5 Å². The Morgan fingerprint density at radius 3 is 2.68 bits per heavy atom. The highest BCUT2D eigenvalue weighted by molar-refractivity contribution is 9.10. The summed E-state index contributed by atoms with van der Waals surface area (Å²) in [6.07, 6.45) is 1.68. The minimum absolute atomic E-state index is 0.158. The summed E-state index contributed by atoms with van der Waals surface area (Å²) in [5, 5.41) is 8.97. The number of likely N-dealkylation sites (N-methyl/N-ethyl adjacent to an activating group) is 1. The van der Waals surface area contributed by atoms with E-state index in [2.05, 4.69) is 32.7 Å². The normalized spacial score (nSPS) is 11.2. The molecule has 0 aliphatic carbocycles. The highest BCUT2D eigenvalue weighted by Crippen LogP contribution is 2.21. The van der Waals surface area contributed by atoms with Crippen LogP contribution >= 0.6 is 15.9 Å². The van der Waals surface area contributed by atoms with Gasteiger partial charge in [0, 0.05) is 23.1 Å². The van der Waals surface area contributed by atoms with Gasteiger partial charge in [-0.15, -0.1) is 0 Å². The maximum atomic E-state index is 8.97. The lowest BCUT2D eigenvalue weighted by molar-refractivity contribution is 0.195. The number of aliphatic hydroxyl groups excluding tert-OH is 1. The Morgan fingerprint density at radius 1 is 1.32 bits per heavy atom. The van der Waals surface area contributed by atoms with Crippen molar-refractivity contribution in [1.29, 1.82) is 0 Å². The first-order valence-corrected chi connectivity index (χ1v) is 7.05. The van der Waals surface area contributed by atoms with Gasteiger partial charge in [-0.3, -0.25) is 4.90 Å². The first-order valence-electron chi connectivity index (χ1n) is 6.26. The lowest BCUT2D eigenvalue weighted by Gasteiger charge is -2.16. The molecule has 5 heteroatoms. The summed E-state index contributed by atoms with van der Waals surface area (Å²) < 4.78 is 6.53. The first-order chi connectivity index (χ1) is 9.22. The third-order valence-corrected chi connectivity index (χ3v) is 3.42. The topological polar surface area (TPSA) is 49.5 Å². The van der Waals surface area contributed by atoms with Crippen LogP contribution in [0.2, 0.25) is 0 Å². The van der Waals surface area contributed by atoms with Gasteiger partial charge in [0.2, 0.25) is 5.89 Å². The minimum atomic E-state index is 0.158. The molecule has 19 heavy (non-hydrogen) atoms.